The van der Waals surface area contributed by atoms with Crippen molar-refractivity contribution in [2.24, 2.45) is 0 Å². The van der Waals surface area contributed by atoms with Crippen molar-refractivity contribution in [1.82, 2.24) is 0 Å². The van der Waals surface area contributed by atoms with Gasteiger partial charge in [0.05, 0.1) is 14.2 Å². The van der Waals surface area contributed by atoms with Crippen LogP contribution in [0.15, 0.2) is 77.7 Å². The van der Waals surface area contributed by atoms with Crippen LogP contribution >= 0.6 is 12.6 Å². The van der Waals surface area contributed by atoms with E-state index in [4.69, 9.17) is 9.47 Å². The summed E-state index contributed by atoms with van der Waals surface area (Å²) in [6.07, 6.45) is 0. The Kier molecular flexibility index (Phi) is 5.02. The topological polar surface area (TPSA) is 38.7 Å². The molecule has 0 spiro atoms. The number of aliphatic hydroxyl groups is 1. The molecule has 3 rings (SSSR count). The van der Waals surface area contributed by atoms with Crippen LogP contribution in [0.4, 0.5) is 0 Å². The van der Waals surface area contributed by atoms with Crippen LogP contribution in [0.3, 0.4) is 0 Å². The summed E-state index contributed by atoms with van der Waals surface area (Å²) in [5.41, 5.74) is 0.852. The minimum Gasteiger partial charge on any atom is -0.497 e. The van der Waals surface area contributed by atoms with E-state index in [-0.39, 0.29) is 0 Å². The Morgan fingerprint density at radius 2 is 1.16 bits per heavy atom. The molecule has 0 saturated heterocycles. The average molecular weight is 352 g/mol. The maximum atomic E-state index is 11.8. The second kappa shape index (κ2) is 7.21. The second-order valence-electron chi connectivity index (χ2n) is 5.68. The summed E-state index contributed by atoms with van der Waals surface area (Å²) >= 11 is 4.56. The molecule has 1 N–H and O–H groups in total. The fraction of sp³-hybridized carbons (Fsp3) is 0.143. The molecule has 0 radical (unpaired) electrons. The minimum atomic E-state index is -1.34. The molecular formula is C21H20O3S. The molecule has 0 heterocycles. The highest BCUT2D eigenvalue weighted by Gasteiger charge is 2.35. The van der Waals surface area contributed by atoms with Gasteiger partial charge in [0.1, 0.15) is 17.1 Å². The van der Waals surface area contributed by atoms with E-state index >= 15 is 0 Å². The molecule has 128 valence electrons. The minimum absolute atomic E-state index is 0.716. The van der Waals surface area contributed by atoms with E-state index in [2.05, 4.69) is 12.6 Å². The van der Waals surface area contributed by atoms with Gasteiger partial charge in [-0.05, 0) is 41.5 Å². The van der Waals surface area contributed by atoms with Crippen LogP contribution in [0.5, 0.6) is 11.5 Å². The molecule has 0 aliphatic heterocycles. The number of hydrogen-bond acceptors (Lipinski definition) is 4. The van der Waals surface area contributed by atoms with Gasteiger partial charge < -0.3 is 14.6 Å². The summed E-state index contributed by atoms with van der Waals surface area (Å²) in [7, 11) is 3.24. The predicted molar refractivity (Wildman–Crippen MR) is 102 cm³/mol. The third-order valence-corrected chi connectivity index (χ3v) is 4.70. The van der Waals surface area contributed by atoms with Crippen LogP contribution in [0, 0.1) is 0 Å². The van der Waals surface area contributed by atoms with Crippen molar-refractivity contribution in [3.05, 3.63) is 89.5 Å². The van der Waals surface area contributed by atoms with Crippen LogP contribution in [0.1, 0.15) is 16.7 Å². The predicted octanol–water partition coefficient (Wildman–Crippen LogP) is 4.28. The highest BCUT2D eigenvalue weighted by atomic mass is 32.1. The maximum Gasteiger partial charge on any atom is 0.141 e. The van der Waals surface area contributed by atoms with Crippen molar-refractivity contribution >= 4 is 12.6 Å². The molecule has 0 aliphatic rings. The first-order chi connectivity index (χ1) is 12.1. The van der Waals surface area contributed by atoms with Crippen molar-refractivity contribution in [3.8, 4) is 11.5 Å². The molecule has 0 bridgehead atoms. The lowest BCUT2D eigenvalue weighted by atomic mass is 9.80. The Labute approximate surface area is 153 Å². The lowest BCUT2D eigenvalue weighted by Gasteiger charge is -2.31. The van der Waals surface area contributed by atoms with Crippen molar-refractivity contribution < 1.29 is 14.6 Å². The summed E-state index contributed by atoms with van der Waals surface area (Å²) in [6, 6.07) is 22.4. The van der Waals surface area contributed by atoms with E-state index in [0.29, 0.717) is 5.56 Å². The van der Waals surface area contributed by atoms with E-state index in [1.807, 2.05) is 72.8 Å². The quantitative estimate of drug-likeness (QED) is 0.532. The number of rotatable bonds is 5. The van der Waals surface area contributed by atoms with Gasteiger partial charge in [-0.2, -0.15) is 0 Å². The van der Waals surface area contributed by atoms with E-state index < -0.39 is 5.60 Å². The van der Waals surface area contributed by atoms with Gasteiger partial charge in [0.25, 0.3) is 0 Å². The smallest absolute Gasteiger partial charge is 0.141 e. The van der Waals surface area contributed by atoms with Gasteiger partial charge in [0.15, 0.2) is 0 Å². The first-order valence-electron chi connectivity index (χ1n) is 7.89. The van der Waals surface area contributed by atoms with Crippen molar-refractivity contribution in [2.45, 2.75) is 10.5 Å². The van der Waals surface area contributed by atoms with Crippen molar-refractivity contribution in [2.75, 3.05) is 14.2 Å². The molecule has 0 aliphatic carbocycles. The fourth-order valence-electron chi connectivity index (χ4n) is 2.92. The van der Waals surface area contributed by atoms with E-state index in [1.54, 1.807) is 14.2 Å². The number of thiol groups is 1. The highest BCUT2D eigenvalue weighted by Crippen LogP contribution is 2.40. The molecule has 0 aromatic heterocycles. The molecule has 3 aromatic carbocycles. The van der Waals surface area contributed by atoms with Crippen LogP contribution in [0.2, 0.25) is 0 Å². The van der Waals surface area contributed by atoms with Crippen LogP contribution in [-0.2, 0) is 5.60 Å². The standard InChI is InChI=1S/C21H20O3S/c1-23-17-11-7-15(8-12-17)21(22,19-5-3-4-6-20(19)25)16-9-13-18(24-2)14-10-16/h3-14,22,25H,1-2H3. The molecule has 3 nitrogen and oxygen atoms in total. The zero-order chi connectivity index (χ0) is 17.9. The van der Waals surface area contributed by atoms with Gasteiger partial charge >= 0.3 is 0 Å². The fourth-order valence-corrected chi connectivity index (χ4v) is 3.24. The summed E-state index contributed by atoms with van der Waals surface area (Å²) in [5, 5.41) is 11.8. The van der Waals surface area contributed by atoms with Gasteiger partial charge in [-0.1, -0.05) is 42.5 Å². The van der Waals surface area contributed by atoms with Crippen molar-refractivity contribution in [3.63, 3.8) is 0 Å². The summed E-state index contributed by atoms with van der Waals surface area (Å²) in [4.78, 5) is 0.719. The SMILES string of the molecule is COc1ccc(C(O)(c2ccc(OC)cc2)c2ccccc2S)cc1. The maximum absolute atomic E-state index is 11.8. The lowest BCUT2D eigenvalue weighted by Crippen LogP contribution is -2.29. The number of methoxy groups -OCH3 is 2. The van der Waals surface area contributed by atoms with Gasteiger partial charge in [-0.25, -0.2) is 0 Å². The first-order valence-corrected chi connectivity index (χ1v) is 8.34. The summed E-state index contributed by atoms with van der Waals surface area (Å²) in [6.45, 7) is 0. The number of hydrogen-bond donors (Lipinski definition) is 2. The van der Waals surface area contributed by atoms with E-state index in [9.17, 15) is 5.11 Å². The highest BCUT2D eigenvalue weighted by molar-refractivity contribution is 7.80. The Bertz CT molecular complexity index is 794. The second-order valence-corrected chi connectivity index (χ2v) is 6.17. The summed E-state index contributed by atoms with van der Waals surface area (Å²) in [5.74, 6) is 1.47. The van der Waals surface area contributed by atoms with Gasteiger partial charge in [-0.15, -0.1) is 12.6 Å². The molecular weight excluding hydrogens is 332 g/mol. The molecule has 3 aromatic rings. The third kappa shape index (κ3) is 3.23. The number of benzene rings is 3. The molecule has 4 heteroatoms. The average Bonchev–Trinajstić information content (AvgIpc) is 2.68. The molecule has 0 saturated carbocycles. The molecule has 25 heavy (non-hydrogen) atoms. The zero-order valence-electron chi connectivity index (χ0n) is 14.1. The number of ether oxygens (including phenoxy) is 2. The lowest BCUT2D eigenvalue weighted by molar-refractivity contribution is 0.122. The zero-order valence-corrected chi connectivity index (χ0v) is 15.0. The Morgan fingerprint density at radius 3 is 1.56 bits per heavy atom. The van der Waals surface area contributed by atoms with Crippen LogP contribution in [0.25, 0.3) is 0 Å². The Hall–Kier alpha value is -2.43. The Morgan fingerprint density at radius 1 is 0.720 bits per heavy atom. The molecule has 0 fully saturated rings. The van der Waals surface area contributed by atoms with E-state index in [1.165, 1.54) is 0 Å². The van der Waals surface area contributed by atoms with Gasteiger partial charge in [0.2, 0.25) is 0 Å². The monoisotopic (exact) mass is 352 g/mol. The summed E-state index contributed by atoms with van der Waals surface area (Å²) < 4.78 is 10.5. The van der Waals surface area contributed by atoms with Crippen LogP contribution < -0.4 is 9.47 Å². The van der Waals surface area contributed by atoms with Gasteiger partial charge in [0, 0.05) is 10.5 Å². The van der Waals surface area contributed by atoms with Crippen molar-refractivity contribution in [1.29, 1.82) is 0 Å². The first kappa shape index (κ1) is 17.4. The van der Waals surface area contributed by atoms with Crippen LogP contribution in [-0.4, -0.2) is 19.3 Å². The largest absolute Gasteiger partial charge is 0.497 e. The van der Waals surface area contributed by atoms with Gasteiger partial charge in [-0.3, -0.25) is 0 Å². The molecule has 0 unspecified atom stereocenters. The Balaban J connectivity index is 2.21. The molecule has 0 amide bonds. The normalized spacial score (nSPS) is 11.2. The molecule has 0 atom stereocenters. The van der Waals surface area contributed by atoms with E-state index in [0.717, 1.165) is 27.5 Å². The third-order valence-electron chi connectivity index (χ3n) is 4.31.